The van der Waals surface area contributed by atoms with E-state index in [9.17, 15) is 0 Å². The van der Waals surface area contributed by atoms with E-state index in [1.807, 2.05) is 7.11 Å². The Morgan fingerprint density at radius 2 is 2.21 bits per heavy atom. The number of hydrogen-bond donors (Lipinski definition) is 1. The van der Waals surface area contributed by atoms with E-state index in [1.54, 1.807) is 0 Å². The molecular formula is C16H24N2O. The fraction of sp³-hybridized carbons (Fsp3) is 0.625. The van der Waals surface area contributed by atoms with Gasteiger partial charge < -0.3 is 10.1 Å². The third kappa shape index (κ3) is 2.83. The first kappa shape index (κ1) is 13.1. The first-order chi connectivity index (χ1) is 9.38. The predicted octanol–water partition coefficient (Wildman–Crippen LogP) is 2.19. The van der Waals surface area contributed by atoms with E-state index in [-0.39, 0.29) is 0 Å². The molecule has 0 spiro atoms. The summed E-state index contributed by atoms with van der Waals surface area (Å²) < 4.78 is 5.32. The van der Waals surface area contributed by atoms with Crippen LogP contribution in [-0.4, -0.2) is 38.3 Å². The summed E-state index contributed by atoms with van der Waals surface area (Å²) in [5, 5.41) is 3.54. The lowest BCUT2D eigenvalue weighted by Gasteiger charge is -2.28. The molecule has 3 heteroatoms. The molecule has 0 aromatic heterocycles. The molecule has 2 aliphatic rings. The first-order valence-corrected chi connectivity index (χ1v) is 7.40. The van der Waals surface area contributed by atoms with E-state index < -0.39 is 0 Å². The zero-order valence-electron chi connectivity index (χ0n) is 11.8. The third-order valence-electron chi connectivity index (χ3n) is 4.48. The van der Waals surface area contributed by atoms with Crippen molar-refractivity contribution in [1.29, 1.82) is 0 Å². The summed E-state index contributed by atoms with van der Waals surface area (Å²) >= 11 is 0. The van der Waals surface area contributed by atoms with Gasteiger partial charge in [-0.1, -0.05) is 24.3 Å². The summed E-state index contributed by atoms with van der Waals surface area (Å²) in [5.74, 6) is 0.716. The van der Waals surface area contributed by atoms with Crippen molar-refractivity contribution in [2.24, 2.45) is 5.92 Å². The summed E-state index contributed by atoms with van der Waals surface area (Å²) in [5.41, 5.74) is 3.01. The van der Waals surface area contributed by atoms with Gasteiger partial charge in [0.2, 0.25) is 0 Å². The average Bonchev–Trinajstić information content (AvgIpc) is 2.78. The second-order valence-electron chi connectivity index (χ2n) is 5.79. The van der Waals surface area contributed by atoms with Gasteiger partial charge in [-0.2, -0.15) is 0 Å². The number of methoxy groups -OCH3 is 1. The molecule has 0 bridgehead atoms. The molecule has 1 N–H and O–H groups in total. The van der Waals surface area contributed by atoms with Gasteiger partial charge in [-0.25, -0.2) is 0 Å². The highest BCUT2D eigenvalue weighted by Crippen LogP contribution is 2.33. The number of benzene rings is 1. The second-order valence-corrected chi connectivity index (χ2v) is 5.79. The fourth-order valence-corrected chi connectivity index (χ4v) is 3.53. The van der Waals surface area contributed by atoms with E-state index in [0.717, 1.165) is 19.7 Å². The molecule has 1 aromatic rings. The van der Waals surface area contributed by atoms with E-state index >= 15 is 0 Å². The Morgan fingerprint density at radius 3 is 3.11 bits per heavy atom. The molecule has 0 radical (unpaired) electrons. The van der Waals surface area contributed by atoms with Crippen LogP contribution in [0.2, 0.25) is 0 Å². The average molecular weight is 260 g/mol. The molecule has 2 heterocycles. The van der Waals surface area contributed by atoms with Crippen LogP contribution in [0.5, 0.6) is 0 Å². The van der Waals surface area contributed by atoms with Crippen molar-refractivity contribution >= 4 is 0 Å². The van der Waals surface area contributed by atoms with Crippen molar-refractivity contribution < 1.29 is 4.74 Å². The van der Waals surface area contributed by atoms with Crippen LogP contribution in [0.25, 0.3) is 0 Å². The standard InChI is InChI=1S/C16H24N2O/c1-19-12-13-7-9-18(11-13)16-6-8-17-10-14-4-2-3-5-15(14)16/h2-5,13,16-17H,6-12H2,1H3. The molecule has 2 aliphatic heterocycles. The Bertz CT molecular complexity index is 421. The summed E-state index contributed by atoms with van der Waals surface area (Å²) in [6.07, 6.45) is 2.50. The highest BCUT2D eigenvalue weighted by molar-refractivity contribution is 5.31. The molecule has 1 saturated heterocycles. The monoisotopic (exact) mass is 260 g/mol. The van der Waals surface area contributed by atoms with Gasteiger partial charge in [0.15, 0.2) is 0 Å². The van der Waals surface area contributed by atoms with Crippen LogP contribution in [0.15, 0.2) is 24.3 Å². The molecule has 104 valence electrons. The Balaban J connectivity index is 1.77. The molecule has 19 heavy (non-hydrogen) atoms. The Morgan fingerprint density at radius 1 is 1.32 bits per heavy atom. The van der Waals surface area contributed by atoms with Crippen LogP contribution < -0.4 is 5.32 Å². The van der Waals surface area contributed by atoms with Crippen LogP contribution >= 0.6 is 0 Å². The van der Waals surface area contributed by atoms with Crippen molar-refractivity contribution in [3.05, 3.63) is 35.4 Å². The van der Waals surface area contributed by atoms with Gasteiger partial charge in [0.25, 0.3) is 0 Å². The molecule has 1 aromatic carbocycles. The van der Waals surface area contributed by atoms with Crippen LogP contribution in [-0.2, 0) is 11.3 Å². The van der Waals surface area contributed by atoms with E-state index in [4.69, 9.17) is 4.74 Å². The topological polar surface area (TPSA) is 24.5 Å². The largest absolute Gasteiger partial charge is 0.384 e. The highest BCUT2D eigenvalue weighted by Gasteiger charge is 2.30. The van der Waals surface area contributed by atoms with Gasteiger partial charge in [0.05, 0.1) is 6.61 Å². The minimum absolute atomic E-state index is 0.591. The van der Waals surface area contributed by atoms with Crippen LogP contribution in [0.3, 0.4) is 0 Å². The van der Waals surface area contributed by atoms with E-state index in [2.05, 4.69) is 34.5 Å². The fourth-order valence-electron chi connectivity index (χ4n) is 3.53. The van der Waals surface area contributed by atoms with Crippen molar-refractivity contribution in [3.63, 3.8) is 0 Å². The van der Waals surface area contributed by atoms with Crippen molar-refractivity contribution in [2.75, 3.05) is 33.4 Å². The number of nitrogens with zero attached hydrogens (tertiary/aromatic N) is 1. The van der Waals surface area contributed by atoms with Gasteiger partial charge in [-0.3, -0.25) is 4.90 Å². The molecule has 3 nitrogen and oxygen atoms in total. The number of hydrogen-bond acceptors (Lipinski definition) is 3. The molecule has 0 amide bonds. The lowest BCUT2D eigenvalue weighted by molar-refractivity contribution is 0.145. The zero-order valence-corrected chi connectivity index (χ0v) is 11.8. The van der Waals surface area contributed by atoms with E-state index in [1.165, 1.54) is 37.1 Å². The van der Waals surface area contributed by atoms with Gasteiger partial charge >= 0.3 is 0 Å². The SMILES string of the molecule is COCC1CCN(C2CCNCc3ccccc32)C1. The van der Waals surface area contributed by atoms with Crippen LogP contribution in [0.1, 0.15) is 30.0 Å². The lowest BCUT2D eigenvalue weighted by Crippen LogP contribution is -2.28. The van der Waals surface area contributed by atoms with Crippen molar-refractivity contribution in [3.8, 4) is 0 Å². The number of fused-ring (bicyclic) bond motifs is 1. The predicted molar refractivity (Wildman–Crippen MR) is 77.1 cm³/mol. The molecule has 2 unspecified atom stereocenters. The molecule has 3 rings (SSSR count). The van der Waals surface area contributed by atoms with Gasteiger partial charge in [0.1, 0.15) is 0 Å². The van der Waals surface area contributed by atoms with E-state index in [0.29, 0.717) is 12.0 Å². The van der Waals surface area contributed by atoms with Crippen LogP contribution in [0, 0.1) is 5.92 Å². The maximum Gasteiger partial charge on any atom is 0.0503 e. The normalized spacial score (nSPS) is 28.1. The third-order valence-corrected chi connectivity index (χ3v) is 4.48. The minimum atomic E-state index is 0.591. The zero-order chi connectivity index (χ0) is 13.1. The summed E-state index contributed by atoms with van der Waals surface area (Å²) in [6.45, 7) is 5.44. The number of likely N-dealkylation sites (tertiary alicyclic amines) is 1. The van der Waals surface area contributed by atoms with Crippen molar-refractivity contribution in [1.82, 2.24) is 10.2 Å². The summed E-state index contributed by atoms with van der Waals surface area (Å²) in [6, 6.07) is 9.51. The second kappa shape index (κ2) is 6.04. The number of nitrogens with one attached hydrogen (secondary N) is 1. The van der Waals surface area contributed by atoms with Gasteiger partial charge in [0, 0.05) is 26.2 Å². The molecular weight excluding hydrogens is 236 g/mol. The quantitative estimate of drug-likeness (QED) is 0.901. The maximum atomic E-state index is 5.32. The first-order valence-electron chi connectivity index (χ1n) is 7.40. The molecule has 2 atom stereocenters. The summed E-state index contributed by atoms with van der Waals surface area (Å²) in [4.78, 5) is 2.66. The molecule has 0 aliphatic carbocycles. The number of ether oxygens (including phenoxy) is 1. The Kier molecular flexibility index (Phi) is 4.16. The number of rotatable bonds is 3. The van der Waals surface area contributed by atoms with Gasteiger partial charge in [-0.05, 0) is 43.0 Å². The lowest BCUT2D eigenvalue weighted by atomic mass is 9.98. The minimum Gasteiger partial charge on any atom is -0.384 e. The smallest absolute Gasteiger partial charge is 0.0503 e. The Labute approximate surface area is 115 Å². The Hall–Kier alpha value is -0.900. The van der Waals surface area contributed by atoms with Crippen molar-refractivity contribution in [2.45, 2.75) is 25.4 Å². The molecule has 0 saturated carbocycles. The molecule has 1 fully saturated rings. The summed E-state index contributed by atoms with van der Waals surface area (Å²) in [7, 11) is 1.81. The highest BCUT2D eigenvalue weighted by atomic mass is 16.5. The van der Waals surface area contributed by atoms with Gasteiger partial charge in [-0.15, -0.1) is 0 Å². The van der Waals surface area contributed by atoms with Crippen LogP contribution in [0.4, 0.5) is 0 Å². The maximum absolute atomic E-state index is 5.32.